The molecule has 0 amide bonds. The summed E-state index contributed by atoms with van der Waals surface area (Å²) >= 11 is 0. The number of nitrogen functional groups attached to an aromatic ring is 1. The van der Waals surface area contributed by atoms with E-state index in [1.54, 1.807) is 13.0 Å². The minimum absolute atomic E-state index is 0.0402. The van der Waals surface area contributed by atoms with E-state index in [9.17, 15) is 23.0 Å². The molecule has 4 rings (SSSR count). The summed E-state index contributed by atoms with van der Waals surface area (Å²) in [6, 6.07) is 4.34. The fourth-order valence-electron chi connectivity index (χ4n) is 3.69. The Hall–Kier alpha value is -3.32. The molecule has 0 bridgehead atoms. The molecule has 1 saturated heterocycles. The molecule has 1 aromatic carbocycles. The second-order valence-corrected chi connectivity index (χ2v) is 8.75. The highest BCUT2D eigenvalue weighted by Gasteiger charge is 2.45. The van der Waals surface area contributed by atoms with Crippen molar-refractivity contribution in [1.82, 2.24) is 14.5 Å². The topological polar surface area (TPSA) is 185 Å². The molecule has 0 radical (unpaired) electrons. The molecule has 35 heavy (non-hydrogen) atoms. The number of nitrogens with two attached hydrogens (primary N) is 2. The first kappa shape index (κ1) is 24.8. The van der Waals surface area contributed by atoms with Gasteiger partial charge < -0.3 is 30.0 Å². The monoisotopic (exact) mass is 507 g/mol. The van der Waals surface area contributed by atoms with Crippen molar-refractivity contribution < 1.29 is 36.7 Å². The number of hydrogen-bond acceptors (Lipinski definition) is 10. The van der Waals surface area contributed by atoms with Crippen molar-refractivity contribution in [2.24, 2.45) is 5.14 Å². The van der Waals surface area contributed by atoms with Crippen LogP contribution < -0.4 is 15.6 Å². The van der Waals surface area contributed by atoms with Crippen molar-refractivity contribution in [2.45, 2.75) is 31.5 Å². The fraction of sp³-hybridized carbons (Fsp3) is 0.333. The normalized spacial score (nSPS) is 22.2. The molecule has 14 heteroatoms. The molecule has 3 heterocycles. The molecule has 4 atom stereocenters. The Balaban J connectivity index is 1.75. The smallest absolute Gasteiger partial charge is 0.333 e. The van der Waals surface area contributed by atoms with Gasteiger partial charge in [0.25, 0.3) is 0 Å². The Bertz CT molecular complexity index is 1420. The Morgan fingerprint density at radius 3 is 2.74 bits per heavy atom. The van der Waals surface area contributed by atoms with Crippen LogP contribution in [-0.4, -0.2) is 64.7 Å². The minimum atomic E-state index is -4.29. The Morgan fingerprint density at radius 1 is 1.26 bits per heavy atom. The van der Waals surface area contributed by atoms with Crippen LogP contribution in [-0.2, 0) is 19.2 Å². The predicted octanol–water partition coefficient (Wildman–Crippen LogP) is -0.210. The zero-order valence-corrected chi connectivity index (χ0v) is 19.1. The maximum Gasteiger partial charge on any atom is 0.333 e. The van der Waals surface area contributed by atoms with Crippen molar-refractivity contribution in [3.8, 4) is 17.6 Å². The predicted molar refractivity (Wildman–Crippen MR) is 120 cm³/mol. The first-order valence-electron chi connectivity index (χ1n) is 10.3. The van der Waals surface area contributed by atoms with Gasteiger partial charge in [-0.05, 0) is 19.1 Å². The molecule has 2 aromatic heterocycles. The van der Waals surface area contributed by atoms with Gasteiger partial charge in [0.05, 0.1) is 24.2 Å². The van der Waals surface area contributed by atoms with Gasteiger partial charge in [0.2, 0.25) is 0 Å². The molecule has 1 aliphatic rings. The molecule has 0 saturated carbocycles. The lowest BCUT2D eigenvalue weighted by Crippen LogP contribution is -2.35. The van der Waals surface area contributed by atoms with Crippen molar-refractivity contribution in [3.05, 3.63) is 47.7 Å². The van der Waals surface area contributed by atoms with Gasteiger partial charge in [0.1, 0.15) is 53.2 Å². The number of nitrogens with zero attached hydrogens (tertiary/aromatic N) is 3. The second kappa shape index (κ2) is 9.74. The largest absolute Gasteiger partial charge is 0.492 e. The third kappa shape index (κ3) is 5.05. The number of aliphatic hydroxyl groups is 2. The lowest BCUT2D eigenvalue weighted by atomic mass is 10.1. The highest BCUT2D eigenvalue weighted by Crippen LogP contribution is 2.34. The summed E-state index contributed by atoms with van der Waals surface area (Å²) in [6.07, 6.45) is -2.78. The molecule has 1 fully saturated rings. The highest BCUT2D eigenvalue weighted by atomic mass is 32.2. The number of fused-ring (bicyclic) bond motifs is 1. The maximum atomic E-state index is 14.4. The fourth-order valence-corrected chi connectivity index (χ4v) is 4.01. The zero-order chi connectivity index (χ0) is 25.3. The van der Waals surface area contributed by atoms with Crippen LogP contribution in [0, 0.1) is 17.7 Å². The molecule has 0 spiro atoms. The van der Waals surface area contributed by atoms with Gasteiger partial charge in [-0.2, -0.15) is 8.42 Å². The number of aromatic nitrogens is 3. The lowest BCUT2D eigenvalue weighted by Gasteiger charge is -2.17. The van der Waals surface area contributed by atoms with Crippen LogP contribution in [0.1, 0.15) is 24.3 Å². The number of benzene rings is 1. The van der Waals surface area contributed by atoms with Crippen molar-refractivity contribution >= 4 is 27.2 Å². The molecule has 186 valence electrons. The molecule has 6 N–H and O–H groups in total. The lowest BCUT2D eigenvalue weighted by molar-refractivity contribution is -0.0464. The summed E-state index contributed by atoms with van der Waals surface area (Å²) in [4.78, 5) is 8.15. The standard InChI is InChI=1S/C21H22FN5O7S/c1-2-32-14-5-3-4-13(22)12(14)7-6-11-8-27(20-16(11)19(23)25-10-26-20)21-18(29)17(28)15(34-21)9-33-35(24,30)31/h3-5,8,10,15,17-18,21,28-29H,2,9H2,1H3,(H2,23,25,26)(H2,24,30,31)/t15-,17-,18-,21-/m1/s1. The van der Waals surface area contributed by atoms with Crippen molar-refractivity contribution in [1.29, 1.82) is 0 Å². The van der Waals surface area contributed by atoms with E-state index < -0.39 is 47.3 Å². The van der Waals surface area contributed by atoms with Crippen LogP contribution in [0.25, 0.3) is 11.0 Å². The molecule has 1 aliphatic heterocycles. The van der Waals surface area contributed by atoms with Crippen LogP contribution >= 0.6 is 0 Å². The number of halogens is 1. The number of hydrogen-bond donors (Lipinski definition) is 4. The Morgan fingerprint density at radius 2 is 2.03 bits per heavy atom. The maximum absolute atomic E-state index is 14.4. The molecule has 0 unspecified atom stereocenters. The average Bonchev–Trinajstić information content (AvgIpc) is 3.30. The van der Waals surface area contributed by atoms with Gasteiger partial charge in [-0.15, -0.1) is 0 Å². The summed E-state index contributed by atoms with van der Waals surface area (Å²) in [5.41, 5.74) is 6.59. The number of anilines is 1. The summed E-state index contributed by atoms with van der Waals surface area (Å²) in [5, 5.41) is 26.0. The van der Waals surface area contributed by atoms with Gasteiger partial charge in [-0.1, -0.05) is 17.9 Å². The number of aliphatic hydroxyl groups excluding tert-OH is 2. The van der Waals surface area contributed by atoms with E-state index in [-0.39, 0.29) is 22.8 Å². The molecule has 12 nitrogen and oxygen atoms in total. The van der Waals surface area contributed by atoms with E-state index in [1.165, 1.54) is 29.2 Å². The van der Waals surface area contributed by atoms with Gasteiger partial charge >= 0.3 is 10.3 Å². The molecular weight excluding hydrogens is 485 g/mol. The van der Waals surface area contributed by atoms with E-state index in [1.807, 2.05) is 0 Å². The summed E-state index contributed by atoms with van der Waals surface area (Å²) in [5.74, 6) is 5.34. The highest BCUT2D eigenvalue weighted by molar-refractivity contribution is 7.84. The van der Waals surface area contributed by atoms with Crippen molar-refractivity contribution in [2.75, 3.05) is 18.9 Å². The van der Waals surface area contributed by atoms with E-state index in [0.717, 1.165) is 0 Å². The van der Waals surface area contributed by atoms with E-state index in [4.69, 9.17) is 20.3 Å². The SMILES string of the molecule is CCOc1cccc(F)c1C#Cc1cn([C@@H]2O[C@H](COS(N)(=O)=O)[C@@H](O)[C@H]2O)c2ncnc(N)c12. The van der Waals surface area contributed by atoms with Crippen LogP contribution in [0.4, 0.5) is 10.2 Å². The average molecular weight is 508 g/mol. The summed E-state index contributed by atoms with van der Waals surface area (Å²) < 4.78 is 53.6. The van der Waals surface area contributed by atoms with Crippen LogP contribution in [0.3, 0.4) is 0 Å². The van der Waals surface area contributed by atoms with Gasteiger partial charge in [-0.3, -0.25) is 4.18 Å². The molecule has 0 aliphatic carbocycles. The third-order valence-corrected chi connectivity index (χ3v) is 5.71. The third-order valence-electron chi connectivity index (χ3n) is 5.24. The van der Waals surface area contributed by atoms with E-state index in [0.29, 0.717) is 17.6 Å². The van der Waals surface area contributed by atoms with Crippen LogP contribution in [0.2, 0.25) is 0 Å². The number of rotatable bonds is 6. The summed E-state index contributed by atoms with van der Waals surface area (Å²) in [6.45, 7) is 1.45. The zero-order valence-electron chi connectivity index (χ0n) is 18.3. The van der Waals surface area contributed by atoms with Crippen LogP contribution in [0.5, 0.6) is 5.75 Å². The van der Waals surface area contributed by atoms with E-state index in [2.05, 4.69) is 26.0 Å². The molecule has 3 aromatic rings. The second-order valence-electron chi connectivity index (χ2n) is 7.53. The summed E-state index contributed by atoms with van der Waals surface area (Å²) in [7, 11) is -4.29. The molecular formula is C21H22FN5O7S. The Labute approximate surface area is 199 Å². The van der Waals surface area contributed by atoms with E-state index >= 15 is 0 Å². The number of ether oxygens (including phenoxy) is 2. The Kier molecular flexibility index (Phi) is 6.90. The first-order valence-corrected chi connectivity index (χ1v) is 11.8. The van der Waals surface area contributed by atoms with Crippen molar-refractivity contribution in [3.63, 3.8) is 0 Å². The quantitative estimate of drug-likeness (QED) is 0.325. The minimum Gasteiger partial charge on any atom is -0.492 e. The van der Waals surface area contributed by atoms with Gasteiger partial charge in [0, 0.05) is 6.20 Å². The van der Waals surface area contributed by atoms with Gasteiger partial charge in [0.15, 0.2) is 6.23 Å². The van der Waals surface area contributed by atoms with Crippen LogP contribution in [0.15, 0.2) is 30.7 Å². The first-order chi connectivity index (χ1) is 16.6. The van der Waals surface area contributed by atoms with Gasteiger partial charge in [-0.25, -0.2) is 19.5 Å².